The van der Waals surface area contributed by atoms with Crippen molar-refractivity contribution in [2.24, 2.45) is 0 Å². The predicted molar refractivity (Wildman–Crippen MR) is 101 cm³/mol. The summed E-state index contributed by atoms with van der Waals surface area (Å²) in [5.74, 6) is 2.13. The van der Waals surface area contributed by atoms with Crippen LogP contribution in [-0.4, -0.2) is 32.3 Å². The zero-order valence-electron chi connectivity index (χ0n) is 15.1. The highest BCUT2D eigenvalue weighted by Crippen LogP contribution is 2.31. The molecule has 0 fully saturated rings. The van der Waals surface area contributed by atoms with E-state index in [9.17, 15) is 4.79 Å². The highest BCUT2D eigenvalue weighted by molar-refractivity contribution is 5.91. The number of carbonyl (C=O) groups excluding carboxylic acids is 1. The fourth-order valence-electron chi connectivity index (χ4n) is 2.69. The summed E-state index contributed by atoms with van der Waals surface area (Å²) in [6.45, 7) is 6.03. The molecule has 3 rings (SSSR count). The van der Waals surface area contributed by atoms with Crippen molar-refractivity contribution >= 4 is 12.0 Å². The second-order valence-corrected chi connectivity index (χ2v) is 6.14. The number of hydrogen-bond acceptors (Lipinski definition) is 4. The van der Waals surface area contributed by atoms with Gasteiger partial charge in [-0.05, 0) is 49.2 Å². The molecule has 1 amide bonds. The van der Waals surface area contributed by atoms with E-state index >= 15 is 0 Å². The van der Waals surface area contributed by atoms with Gasteiger partial charge in [0, 0.05) is 6.08 Å². The molecule has 5 heteroatoms. The number of rotatable bonds is 6. The Morgan fingerprint density at radius 1 is 1.12 bits per heavy atom. The van der Waals surface area contributed by atoms with E-state index in [0.29, 0.717) is 32.1 Å². The van der Waals surface area contributed by atoms with E-state index in [1.54, 1.807) is 6.08 Å². The highest BCUT2D eigenvalue weighted by atomic mass is 16.6. The topological polar surface area (TPSA) is 56.8 Å². The third-order valence-corrected chi connectivity index (χ3v) is 3.98. The van der Waals surface area contributed by atoms with Crippen molar-refractivity contribution in [1.29, 1.82) is 0 Å². The van der Waals surface area contributed by atoms with Crippen molar-refractivity contribution in [2.45, 2.75) is 13.8 Å². The van der Waals surface area contributed by atoms with Gasteiger partial charge in [-0.1, -0.05) is 23.8 Å². The Bertz CT molecular complexity index is 814. The summed E-state index contributed by atoms with van der Waals surface area (Å²) in [5, 5.41) is 2.81. The van der Waals surface area contributed by atoms with E-state index in [1.807, 2.05) is 44.2 Å². The predicted octanol–water partition coefficient (Wildman–Crippen LogP) is 3.28. The Balaban J connectivity index is 1.44. The fourth-order valence-corrected chi connectivity index (χ4v) is 2.69. The maximum atomic E-state index is 11.9. The lowest BCUT2D eigenvalue weighted by molar-refractivity contribution is -0.116. The first kappa shape index (κ1) is 17.9. The summed E-state index contributed by atoms with van der Waals surface area (Å²) in [6, 6.07) is 11.6. The molecule has 0 bridgehead atoms. The van der Waals surface area contributed by atoms with Crippen LogP contribution in [0.2, 0.25) is 0 Å². The first-order valence-electron chi connectivity index (χ1n) is 8.67. The van der Waals surface area contributed by atoms with Crippen LogP contribution in [0.5, 0.6) is 17.2 Å². The maximum Gasteiger partial charge on any atom is 0.244 e. The Morgan fingerprint density at radius 3 is 2.73 bits per heavy atom. The second kappa shape index (κ2) is 8.43. The molecule has 136 valence electrons. The average molecular weight is 353 g/mol. The molecule has 1 N–H and O–H groups in total. The van der Waals surface area contributed by atoms with Crippen molar-refractivity contribution in [3.05, 3.63) is 59.2 Å². The lowest BCUT2D eigenvalue weighted by Crippen LogP contribution is -2.26. The Kier molecular flexibility index (Phi) is 5.79. The standard InChI is InChI=1S/C21H23NO4/c1-15-3-6-18(16(2)13-15)24-10-9-22-21(23)8-5-17-4-7-19-20(14-17)26-12-11-25-19/h3-8,13-14H,9-12H2,1-2H3,(H,22,23)/b8-5+. The summed E-state index contributed by atoms with van der Waals surface area (Å²) in [6.07, 6.45) is 3.25. The number of amides is 1. The molecule has 5 nitrogen and oxygen atoms in total. The Morgan fingerprint density at radius 2 is 1.92 bits per heavy atom. The molecule has 0 radical (unpaired) electrons. The minimum atomic E-state index is -0.163. The number of nitrogens with one attached hydrogen (secondary N) is 1. The van der Waals surface area contributed by atoms with E-state index in [1.165, 1.54) is 11.6 Å². The maximum absolute atomic E-state index is 11.9. The largest absolute Gasteiger partial charge is 0.491 e. The van der Waals surface area contributed by atoms with Crippen molar-refractivity contribution in [3.63, 3.8) is 0 Å². The summed E-state index contributed by atoms with van der Waals surface area (Å²) < 4.78 is 16.7. The summed E-state index contributed by atoms with van der Waals surface area (Å²) >= 11 is 0. The van der Waals surface area contributed by atoms with Gasteiger partial charge in [0.2, 0.25) is 5.91 Å². The number of aryl methyl sites for hydroxylation is 2. The third kappa shape index (κ3) is 4.79. The monoisotopic (exact) mass is 353 g/mol. The van der Waals surface area contributed by atoms with Crippen LogP contribution in [0, 0.1) is 13.8 Å². The van der Waals surface area contributed by atoms with Crippen LogP contribution < -0.4 is 19.5 Å². The SMILES string of the molecule is Cc1ccc(OCCNC(=O)/C=C/c2ccc3c(c2)OCCO3)c(C)c1. The van der Waals surface area contributed by atoms with Crippen LogP contribution in [0.1, 0.15) is 16.7 Å². The van der Waals surface area contributed by atoms with Crippen molar-refractivity contribution in [3.8, 4) is 17.2 Å². The highest BCUT2D eigenvalue weighted by Gasteiger charge is 2.10. The molecule has 2 aromatic carbocycles. The average Bonchev–Trinajstić information content (AvgIpc) is 2.65. The normalized spacial score (nSPS) is 12.8. The molecule has 26 heavy (non-hydrogen) atoms. The third-order valence-electron chi connectivity index (χ3n) is 3.98. The summed E-state index contributed by atoms with van der Waals surface area (Å²) in [7, 11) is 0. The van der Waals surface area contributed by atoms with Crippen LogP contribution in [-0.2, 0) is 4.79 Å². The first-order chi connectivity index (χ1) is 12.6. The molecule has 0 aromatic heterocycles. The molecule has 0 saturated heterocycles. The minimum absolute atomic E-state index is 0.163. The Hall–Kier alpha value is -2.95. The van der Waals surface area contributed by atoms with Gasteiger partial charge >= 0.3 is 0 Å². The number of hydrogen-bond donors (Lipinski definition) is 1. The zero-order chi connectivity index (χ0) is 18.4. The van der Waals surface area contributed by atoms with Gasteiger partial charge < -0.3 is 19.5 Å². The number of carbonyl (C=O) groups is 1. The molecule has 0 aliphatic carbocycles. The molecule has 0 saturated carbocycles. The van der Waals surface area contributed by atoms with E-state index in [2.05, 4.69) is 11.4 Å². The number of ether oxygens (including phenoxy) is 3. The summed E-state index contributed by atoms with van der Waals surface area (Å²) in [4.78, 5) is 11.9. The first-order valence-corrected chi connectivity index (χ1v) is 8.67. The van der Waals surface area contributed by atoms with E-state index in [0.717, 1.165) is 22.6 Å². The van der Waals surface area contributed by atoms with Crippen LogP contribution in [0.15, 0.2) is 42.5 Å². The number of benzene rings is 2. The van der Waals surface area contributed by atoms with E-state index in [4.69, 9.17) is 14.2 Å². The van der Waals surface area contributed by atoms with Crippen molar-refractivity contribution in [2.75, 3.05) is 26.4 Å². The molecular weight excluding hydrogens is 330 g/mol. The molecule has 0 spiro atoms. The van der Waals surface area contributed by atoms with Gasteiger partial charge in [-0.3, -0.25) is 4.79 Å². The minimum Gasteiger partial charge on any atom is -0.491 e. The van der Waals surface area contributed by atoms with Crippen molar-refractivity contribution in [1.82, 2.24) is 5.32 Å². The molecule has 1 aliphatic rings. The second-order valence-electron chi connectivity index (χ2n) is 6.14. The molecule has 2 aromatic rings. The van der Waals surface area contributed by atoms with Gasteiger partial charge in [-0.2, -0.15) is 0 Å². The van der Waals surface area contributed by atoms with Crippen LogP contribution in [0.4, 0.5) is 0 Å². The van der Waals surface area contributed by atoms with Gasteiger partial charge in [0.25, 0.3) is 0 Å². The molecular formula is C21H23NO4. The van der Waals surface area contributed by atoms with Crippen LogP contribution in [0.25, 0.3) is 6.08 Å². The fraction of sp³-hybridized carbons (Fsp3) is 0.286. The quantitative estimate of drug-likeness (QED) is 0.640. The molecule has 1 aliphatic heterocycles. The number of fused-ring (bicyclic) bond motifs is 1. The molecule has 1 heterocycles. The lowest BCUT2D eigenvalue weighted by Gasteiger charge is -2.18. The van der Waals surface area contributed by atoms with Gasteiger partial charge in [0.05, 0.1) is 6.54 Å². The van der Waals surface area contributed by atoms with Gasteiger partial charge in [-0.15, -0.1) is 0 Å². The van der Waals surface area contributed by atoms with Crippen LogP contribution in [0.3, 0.4) is 0 Å². The van der Waals surface area contributed by atoms with E-state index < -0.39 is 0 Å². The Labute approximate surface area is 153 Å². The van der Waals surface area contributed by atoms with Gasteiger partial charge in [0.15, 0.2) is 11.5 Å². The molecule has 0 atom stereocenters. The zero-order valence-corrected chi connectivity index (χ0v) is 15.1. The lowest BCUT2D eigenvalue weighted by atomic mass is 10.1. The summed E-state index contributed by atoms with van der Waals surface area (Å²) in [5.41, 5.74) is 3.18. The van der Waals surface area contributed by atoms with Crippen molar-refractivity contribution < 1.29 is 19.0 Å². The smallest absolute Gasteiger partial charge is 0.244 e. The van der Waals surface area contributed by atoms with Gasteiger partial charge in [0.1, 0.15) is 25.6 Å². The van der Waals surface area contributed by atoms with Gasteiger partial charge in [-0.25, -0.2) is 0 Å². The van der Waals surface area contributed by atoms with Crippen LogP contribution >= 0.6 is 0 Å². The molecule has 0 unspecified atom stereocenters. The van der Waals surface area contributed by atoms with E-state index in [-0.39, 0.29) is 5.91 Å².